The summed E-state index contributed by atoms with van der Waals surface area (Å²) in [6.45, 7) is 2.00. The van der Waals surface area contributed by atoms with Crippen molar-refractivity contribution in [2.24, 2.45) is 0 Å². The standard InChI is InChI=1S/C16H15FO2S/c1-11-4-3-5-13(8-11)20-10-15(18)14-9-12(17)6-7-16(14)19-2/h3-9H,10H2,1-2H3. The number of aryl methyl sites for hydroxylation is 1. The molecule has 0 heterocycles. The smallest absolute Gasteiger partial charge is 0.176 e. The Kier molecular flexibility index (Phi) is 4.79. The summed E-state index contributed by atoms with van der Waals surface area (Å²) in [5.74, 6) is 0.0762. The Morgan fingerprint density at radius 3 is 2.75 bits per heavy atom. The molecular weight excluding hydrogens is 275 g/mol. The van der Waals surface area contributed by atoms with E-state index in [4.69, 9.17) is 4.74 Å². The Balaban J connectivity index is 2.10. The van der Waals surface area contributed by atoms with E-state index < -0.39 is 5.82 Å². The van der Waals surface area contributed by atoms with Crippen LogP contribution < -0.4 is 4.74 Å². The van der Waals surface area contributed by atoms with Gasteiger partial charge < -0.3 is 4.74 Å². The molecule has 2 aromatic carbocycles. The number of rotatable bonds is 5. The summed E-state index contributed by atoms with van der Waals surface area (Å²) in [5.41, 5.74) is 1.43. The van der Waals surface area contributed by atoms with Gasteiger partial charge in [0.05, 0.1) is 18.4 Å². The van der Waals surface area contributed by atoms with Crippen molar-refractivity contribution < 1.29 is 13.9 Å². The number of carbonyl (C=O) groups excluding carboxylic acids is 1. The lowest BCUT2D eigenvalue weighted by atomic mass is 10.1. The first-order valence-electron chi connectivity index (χ1n) is 6.16. The zero-order valence-electron chi connectivity index (χ0n) is 11.4. The largest absolute Gasteiger partial charge is 0.496 e. The van der Waals surface area contributed by atoms with Gasteiger partial charge in [0.15, 0.2) is 5.78 Å². The van der Waals surface area contributed by atoms with Crippen LogP contribution in [-0.4, -0.2) is 18.6 Å². The zero-order valence-corrected chi connectivity index (χ0v) is 12.2. The Morgan fingerprint density at radius 1 is 1.25 bits per heavy atom. The molecule has 0 amide bonds. The van der Waals surface area contributed by atoms with E-state index in [0.29, 0.717) is 5.75 Å². The number of halogens is 1. The van der Waals surface area contributed by atoms with E-state index in [-0.39, 0.29) is 17.1 Å². The lowest BCUT2D eigenvalue weighted by Crippen LogP contribution is -2.05. The average molecular weight is 290 g/mol. The van der Waals surface area contributed by atoms with Crippen LogP contribution in [0.2, 0.25) is 0 Å². The predicted octanol–water partition coefficient (Wildman–Crippen LogP) is 4.12. The second-order valence-corrected chi connectivity index (χ2v) is 5.42. The zero-order chi connectivity index (χ0) is 14.5. The molecule has 0 radical (unpaired) electrons. The fourth-order valence-corrected chi connectivity index (χ4v) is 2.73. The highest BCUT2D eigenvalue weighted by Crippen LogP contribution is 2.24. The van der Waals surface area contributed by atoms with Gasteiger partial charge >= 0.3 is 0 Å². The maximum Gasteiger partial charge on any atom is 0.176 e. The molecule has 0 bridgehead atoms. The molecule has 0 unspecified atom stereocenters. The van der Waals surface area contributed by atoms with Gasteiger partial charge in [-0.05, 0) is 37.3 Å². The summed E-state index contributed by atoms with van der Waals surface area (Å²) < 4.78 is 18.3. The van der Waals surface area contributed by atoms with Crippen molar-refractivity contribution in [3.63, 3.8) is 0 Å². The highest BCUT2D eigenvalue weighted by atomic mass is 32.2. The predicted molar refractivity (Wildman–Crippen MR) is 79.2 cm³/mol. The van der Waals surface area contributed by atoms with E-state index in [2.05, 4.69) is 0 Å². The number of ether oxygens (including phenoxy) is 1. The number of hydrogen-bond donors (Lipinski definition) is 0. The fourth-order valence-electron chi connectivity index (χ4n) is 1.83. The van der Waals surface area contributed by atoms with E-state index in [1.807, 2.05) is 31.2 Å². The normalized spacial score (nSPS) is 10.3. The first-order valence-corrected chi connectivity index (χ1v) is 7.15. The SMILES string of the molecule is COc1ccc(F)cc1C(=O)CSc1cccc(C)c1. The minimum atomic E-state index is -0.435. The molecule has 4 heteroatoms. The quantitative estimate of drug-likeness (QED) is 0.612. The summed E-state index contributed by atoms with van der Waals surface area (Å²) in [4.78, 5) is 13.2. The minimum absolute atomic E-state index is 0.146. The molecule has 0 aliphatic carbocycles. The Bertz CT molecular complexity index is 626. The van der Waals surface area contributed by atoms with Crippen molar-refractivity contribution in [1.29, 1.82) is 0 Å². The third kappa shape index (κ3) is 3.61. The summed E-state index contributed by atoms with van der Waals surface area (Å²) in [6, 6.07) is 11.9. The van der Waals surface area contributed by atoms with Crippen molar-refractivity contribution in [3.8, 4) is 5.75 Å². The minimum Gasteiger partial charge on any atom is -0.496 e. The van der Waals surface area contributed by atoms with Crippen LogP contribution in [-0.2, 0) is 0 Å². The van der Waals surface area contributed by atoms with Crippen molar-refractivity contribution in [2.45, 2.75) is 11.8 Å². The third-order valence-corrected chi connectivity index (χ3v) is 3.82. The van der Waals surface area contributed by atoms with Gasteiger partial charge in [-0.3, -0.25) is 4.79 Å². The van der Waals surface area contributed by atoms with E-state index in [1.165, 1.54) is 37.1 Å². The molecular formula is C16H15FO2S. The molecule has 0 aliphatic rings. The monoisotopic (exact) mass is 290 g/mol. The van der Waals surface area contributed by atoms with Crippen molar-refractivity contribution in [1.82, 2.24) is 0 Å². The number of methoxy groups -OCH3 is 1. The van der Waals surface area contributed by atoms with E-state index in [1.54, 1.807) is 0 Å². The van der Waals surface area contributed by atoms with Gasteiger partial charge in [-0.25, -0.2) is 4.39 Å². The molecule has 2 rings (SSSR count). The Hall–Kier alpha value is -1.81. The van der Waals surface area contributed by atoms with Crippen molar-refractivity contribution >= 4 is 17.5 Å². The van der Waals surface area contributed by atoms with Gasteiger partial charge in [-0.15, -0.1) is 11.8 Å². The summed E-state index contributed by atoms with van der Waals surface area (Å²) in [5, 5.41) is 0. The van der Waals surface area contributed by atoms with Crippen molar-refractivity contribution in [3.05, 3.63) is 59.4 Å². The van der Waals surface area contributed by atoms with Crippen LogP contribution >= 0.6 is 11.8 Å². The number of thioether (sulfide) groups is 1. The molecule has 0 aliphatic heterocycles. The average Bonchev–Trinajstić information content (AvgIpc) is 2.45. The van der Waals surface area contributed by atoms with Gasteiger partial charge in [0.2, 0.25) is 0 Å². The van der Waals surface area contributed by atoms with E-state index >= 15 is 0 Å². The molecule has 0 spiro atoms. The van der Waals surface area contributed by atoms with Crippen LogP contribution in [0.1, 0.15) is 15.9 Å². The van der Waals surface area contributed by atoms with Gasteiger partial charge in [0, 0.05) is 4.90 Å². The van der Waals surface area contributed by atoms with Crippen molar-refractivity contribution in [2.75, 3.05) is 12.9 Å². The molecule has 2 nitrogen and oxygen atoms in total. The van der Waals surface area contributed by atoms with Crippen LogP contribution in [0, 0.1) is 12.7 Å². The molecule has 0 atom stereocenters. The first kappa shape index (κ1) is 14.6. The summed E-state index contributed by atoms with van der Waals surface area (Å²) >= 11 is 1.44. The maximum atomic E-state index is 13.2. The summed E-state index contributed by atoms with van der Waals surface area (Å²) in [7, 11) is 1.47. The lowest BCUT2D eigenvalue weighted by Gasteiger charge is -2.08. The van der Waals surface area contributed by atoms with Crippen LogP contribution in [0.3, 0.4) is 0 Å². The molecule has 20 heavy (non-hydrogen) atoms. The van der Waals surface area contributed by atoms with Crippen LogP contribution in [0.5, 0.6) is 5.75 Å². The molecule has 0 saturated heterocycles. The first-order chi connectivity index (χ1) is 9.60. The van der Waals surface area contributed by atoms with Gasteiger partial charge in [-0.2, -0.15) is 0 Å². The highest BCUT2D eigenvalue weighted by molar-refractivity contribution is 8.00. The number of benzene rings is 2. The second-order valence-electron chi connectivity index (χ2n) is 4.37. The maximum absolute atomic E-state index is 13.2. The number of hydrogen-bond acceptors (Lipinski definition) is 3. The summed E-state index contributed by atoms with van der Waals surface area (Å²) in [6.07, 6.45) is 0. The molecule has 104 valence electrons. The molecule has 0 aromatic heterocycles. The van der Waals surface area contributed by atoms with Crippen LogP contribution in [0.4, 0.5) is 4.39 Å². The van der Waals surface area contributed by atoms with Gasteiger partial charge in [-0.1, -0.05) is 17.7 Å². The number of ketones is 1. The van der Waals surface area contributed by atoms with Crippen LogP contribution in [0.25, 0.3) is 0 Å². The topological polar surface area (TPSA) is 26.3 Å². The Morgan fingerprint density at radius 2 is 2.05 bits per heavy atom. The number of carbonyl (C=O) groups is 1. The Labute approximate surface area is 122 Å². The molecule has 2 aromatic rings. The fraction of sp³-hybridized carbons (Fsp3) is 0.188. The molecule has 0 N–H and O–H groups in total. The van der Waals surface area contributed by atoms with Crippen LogP contribution in [0.15, 0.2) is 47.4 Å². The lowest BCUT2D eigenvalue weighted by molar-refractivity contribution is 0.101. The molecule has 0 fully saturated rings. The van der Waals surface area contributed by atoms with E-state index in [9.17, 15) is 9.18 Å². The van der Waals surface area contributed by atoms with E-state index in [0.717, 1.165) is 10.5 Å². The second kappa shape index (κ2) is 6.57. The van der Waals surface area contributed by atoms with Gasteiger partial charge in [0.25, 0.3) is 0 Å². The van der Waals surface area contributed by atoms with Gasteiger partial charge in [0.1, 0.15) is 11.6 Å². The third-order valence-electron chi connectivity index (χ3n) is 2.82. The molecule has 0 saturated carbocycles. The number of Topliss-reactive ketones (excluding diaryl/α,β-unsaturated/α-hetero) is 1. The highest BCUT2D eigenvalue weighted by Gasteiger charge is 2.13.